The van der Waals surface area contributed by atoms with Crippen LogP contribution in [0, 0.1) is 5.92 Å². The minimum absolute atomic E-state index is 0.167. The van der Waals surface area contributed by atoms with E-state index < -0.39 is 0 Å². The summed E-state index contributed by atoms with van der Waals surface area (Å²) in [5, 5.41) is 4.46. The zero-order valence-electron chi connectivity index (χ0n) is 10.4. The molecular weight excluding hydrogens is 198 g/mol. The topological polar surface area (TPSA) is 43.8 Å². The molecule has 90 valence electrons. The maximum atomic E-state index is 6.28. The highest BCUT2D eigenvalue weighted by molar-refractivity contribution is 5.14. The standard InChI is InChI=1S/C13H23N3/c1-3-11-9-13(16(2)15-11)12(14)8-10-6-4-5-7-10/h9-10,12H,3-8,14H2,1-2H3. The van der Waals surface area contributed by atoms with E-state index in [1.165, 1.54) is 31.4 Å². The van der Waals surface area contributed by atoms with Crippen molar-refractivity contribution in [1.29, 1.82) is 0 Å². The average Bonchev–Trinajstić information content (AvgIpc) is 2.87. The maximum absolute atomic E-state index is 6.28. The van der Waals surface area contributed by atoms with Gasteiger partial charge in [0, 0.05) is 13.1 Å². The Morgan fingerprint density at radius 2 is 2.19 bits per heavy atom. The van der Waals surface area contributed by atoms with Gasteiger partial charge in [-0.15, -0.1) is 0 Å². The Kier molecular flexibility index (Phi) is 3.64. The van der Waals surface area contributed by atoms with Crippen LogP contribution in [0.5, 0.6) is 0 Å². The SMILES string of the molecule is CCc1cc(C(N)CC2CCCC2)n(C)n1. The Labute approximate surface area is 98.0 Å². The fraction of sp³-hybridized carbons (Fsp3) is 0.769. The zero-order chi connectivity index (χ0) is 11.5. The highest BCUT2D eigenvalue weighted by Crippen LogP contribution is 2.31. The summed E-state index contributed by atoms with van der Waals surface area (Å²) in [6.45, 7) is 2.13. The molecule has 1 atom stereocenters. The van der Waals surface area contributed by atoms with Crippen LogP contribution in [0.25, 0.3) is 0 Å². The number of hydrogen-bond acceptors (Lipinski definition) is 2. The minimum atomic E-state index is 0.167. The lowest BCUT2D eigenvalue weighted by Gasteiger charge is -2.16. The molecule has 1 aliphatic carbocycles. The third-order valence-electron chi connectivity index (χ3n) is 3.77. The van der Waals surface area contributed by atoms with Crippen LogP contribution in [0.15, 0.2) is 6.07 Å². The lowest BCUT2D eigenvalue weighted by Crippen LogP contribution is -2.17. The molecule has 16 heavy (non-hydrogen) atoms. The summed E-state index contributed by atoms with van der Waals surface area (Å²) in [4.78, 5) is 0. The molecule has 0 radical (unpaired) electrons. The summed E-state index contributed by atoms with van der Waals surface area (Å²) < 4.78 is 1.96. The van der Waals surface area contributed by atoms with Crippen molar-refractivity contribution in [2.75, 3.05) is 0 Å². The van der Waals surface area contributed by atoms with Gasteiger partial charge in [-0.1, -0.05) is 32.6 Å². The molecule has 1 aromatic heterocycles. The molecule has 2 rings (SSSR count). The van der Waals surface area contributed by atoms with E-state index in [9.17, 15) is 0 Å². The predicted molar refractivity (Wildman–Crippen MR) is 66.1 cm³/mol. The maximum Gasteiger partial charge on any atom is 0.0625 e. The van der Waals surface area contributed by atoms with Crippen LogP contribution in [0.3, 0.4) is 0 Å². The molecule has 0 saturated heterocycles. The highest BCUT2D eigenvalue weighted by Gasteiger charge is 2.20. The molecule has 1 heterocycles. The fourth-order valence-electron chi connectivity index (χ4n) is 2.79. The van der Waals surface area contributed by atoms with Crippen molar-refractivity contribution in [1.82, 2.24) is 9.78 Å². The normalized spacial score (nSPS) is 19.2. The van der Waals surface area contributed by atoms with Crippen LogP contribution >= 0.6 is 0 Å². The lowest BCUT2D eigenvalue weighted by atomic mass is 9.97. The van der Waals surface area contributed by atoms with Crippen LogP contribution in [0.2, 0.25) is 0 Å². The van der Waals surface area contributed by atoms with Gasteiger partial charge in [0.2, 0.25) is 0 Å². The van der Waals surface area contributed by atoms with E-state index in [1.54, 1.807) is 0 Å². The largest absolute Gasteiger partial charge is 0.323 e. The first kappa shape index (κ1) is 11.6. The van der Waals surface area contributed by atoms with Gasteiger partial charge in [-0.25, -0.2) is 0 Å². The molecule has 2 N–H and O–H groups in total. The van der Waals surface area contributed by atoms with E-state index in [0.717, 1.165) is 24.5 Å². The van der Waals surface area contributed by atoms with Gasteiger partial charge in [-0.05, 0) is 24.8 Å². The van der Waals surface area contributed by atoms with Crippen LogP contribution in [0.1, 0.15) is 56.5 Å². The van der Waals surface area contributed by atoms with Crippen molar-refractivity contribution in [3.05, 3.63) is 17.5 Å². The second kappa shape index (κ2) is 5.00. The van der Waals surface area contributed by atoms with Gasteiger partial charge in [-0.3, -0.25) is 4.68 Å². The monoisotopic (exact) mass is 221 g/mol. The van der Waals surface area contributed by atoms with E-state index in [2.05, 4.69) is 18.1 Å². The molecule has 0 bridgehead atoms. The second-order valence-corrected chi connectivity index (χ2v) is 5.03. The number of aryl methyl sites for hydroxylation is 2. The lowest BCUT2D eigenvalue weighted by molar-refractivity contribution is 0.436. The molecular formula is C13H23N3. The molecule has 1 saturated carbocycles. The quantitative estimate of drug-likeness (QED) is 0.849. The Morgan fingerprint density at radius 3 is 2.75 bits per heavy atom. The fourth-order valence-corrected chi connectivity index (χ4v) is 2.79. The third-order valence-corrected chi connectivity index (χ3v) is 3.77. The molecule has 0 aliphatic heterocycles. The van der Waals surface area contributed by atoms with E-state index in [0.29, 0.717) is 0 Å². The Balaban J connectivity index is 2.01. The number of nitrogens with two attached hydrogens (primary N) is 1. The smallest absolute Gasteiger partial charge is 0.0625 e. The van der Waals surface area contributed by atoms with Crippen molar-refractivity contribution < 1.29 is 0 Å². The minimum Gasteiger partial charge on any atom is -0.323 e. The highest BCUT2D eigenvalue weighted by atomic mass is 15.3. The molecule has 3 heteroatoms. The van der Waals surface area contributed by atoms with Crippen LogP contribution < -0.4 is 5.73 Å². The van der Waals surface area contributed by atoms with Gasteiger partial charge in [-0.2, -0.15) is 5.10 Å². The molecule has 0 spiro atoms. The van der Waals surface area contributed by atoms with Gasteiger partial charge in [0.25, 0.3) is 0 Å². The van der Waals surface area contributed by atoms with Crippen molar-refractivity contribution >= 4 is 0 Å². The summed E-state index contributed by atoms with van der Waals surface area (Å²) in [6.07, 6.45) is 7.64. The molecule has 1 aliphatic rings. The summed E-state index contributed by atoms with van der Waals surface area (Å²) in [5.74, 6) is 0.843. The van der Waals surface area contributed by atoms with Crippen LogP contribution in [0.4, 0.5) is 0 Å². The van der Waals surface area contributed by atoms with E-state index in [1.807, 2.05) is 11.7 Å². The van der Waals surface area contributed by atoms with Gasteiger partial charge in [0.15, 0.2) is 0 Å². The van der Waals surface area contributed by atoms with Gasteiger partial charge < -0.3 is 5.73 Å². The first-order chi connectivity index (χ1) is 7.70. The predicted octanol–water partition coefficient (Wildman–Crippen LogP) is 2.56. The Bertz CT molecular complexity index is 337. The molecule has 3 nitrogen and oxygen atoms in total. The van der Waals surface area contributed by atoms with E-state index >= 15 is 0 Å². The van der Waals surface area contributed by atoms with Crippen molar-refractivity contribution in [2.45, 2.75) is 51.5 Å². The van der Waals surface area contributed by atoms with Crippen molar-refractivity contribution in [3.63, 3.8) is 0 Å². The molecule has 0 amide bonds. The summed E-state index contributed by atoms with van der Waals surface area (Å²) in [7, 11) is 2.00. The van der Waals surface area contributed by atoms with Crippen molar-refractivity contribution in [2.24, 2.45) is 18.7 Å². The molecule has 1 unspecified atom stereocenters. The Hall–Kier alpha value is -0.830. The number of nitrogens with zero attached hydrogens (tertiary/aromatic N) is 2. The first-order valence-corrected chi connectivity index (χ1v) is 6.49. The average molecular weight is 221 g/mol. The number of rotatable bonds is 4. The summed E-state index contributed by atoms with van der Waals surface area (Å²) in [5.41, 5.74) is 8.63. The van der Waals surface area contributed by atoms with E-state index in [4.69, 9.17) is 5.73 Å². The van der Waals surface area contributed by atoms with Crippen LogP contribution in [-0.2, 0) is 13.5 Å². The van der Waals surface area contributed by atoms with E-state index in [-0.39, 0.29) is 6.04 Å². The first-order valence-electron chi connectivity index (χ1n) is 6.49. The van der Waals surface area contributed by atoms with Crippen LogP contribution in [-0.4, -0.2) is 9.78 Å². The van der Waals surface area contributed by atoms with Gasteiger partial charge in [0.1, 0.15) is 0 Å². The summed E-state index contributed by atoms with van der Waals surface area (Å²) in [6, 6.07) is 2.33. The summed E-state index contributed by atoms with van der Waals surface area (Å²) >= 11 is 0. The second-order valence-electron chi connectivity index (χ2n) is 5.03. The van der Waals surface area contributed by atoms with Crippen molar-refractivity contribution in [3.8, 4) is 0 Å². The molecule has 1 fully saturated rings. The number of hydrogen-bond donors (Lipinski definition) is 1. The zero-order valence-corrected chi connectivity index (χ0v) is 10.4. The molecule has 1 aromatic rings. The Morgan fingerprint density at radius 1 is 1.50 bits per heavy atom. The molecule has 0 aromatic carbocycles. The number of aromatic nitrogens is 2. The van der Waals surface area contributed by atoms with Gasteiger partial charge in [0.05, 0.1) is 11.4 Å². The third kappa shape index (κ3) is 2.46. The van der Waals surface area contributed by atoms with Gasteiger partial charge >= 0.3 is 0 Å².